The van der Waals surface area contributed by atoms with E-state index in [1.165, 1.54) is 28.8 Å². The molecule has 1 saturated carbocycles. The molecule has 1 aliphatic carbocycles. The van der Waals surface area contributed by atoms with Gasteiger partial charge in [0, 0.05) is 36.7 Å². The zero-order valence-corrected chi connectivity index (χ0v) is 18.1. The topological polar surface area (TPSA) is 38.1 Å². The normalized spacial score (nSPS) is 24.0. The number of halogens is 1. The van der Waals surface area contributed by atoms with E-state index in [1.54, 1.807) is 19.1 Å². The molecule has 0 spiro atoms. The number of aromatic nitrogens is 2. The second kappa shape index (κ2) is 6.76. The Hall–Kier alpha value is -3.47. The Bertz CT molecular complexity index is 1340. The van der Waals surface area contributed by atoms with Crippen molar-refractivity contribution in [1.82, 2.24) is 14.7 Å². The van der Waals surface area contributed by atoms with Crippen molar-refractivity contribution in [3.8, 4) is 5.69 Å². The molecule has 1 amide bonds. The van der Waals surface area contributed by atoms with Gasteiger partial charge in [0.15, 0.2) is 0 Å². The lowest BCUT2D eigenvalue weighted by Crippen LogP contribution is -2.32. The Kier molecular flexibility index (Phi) is 4.06. The molecular weight excluding hydrogens is 401 g/mol. The standard InChI is InChI=1S/C27H24FN3O/c1-17-12-25-20(14-29-31(25)22-10-8-21(28)9-11-22)13-23(17)27-16-30(18(2)32)15-24(27)26(27)19-6-4-3-5-7-19/h3-14,24,26H,15-16H2,1-2H3. The zero-order valence-electron chi connectivity index (χ0n) is 18.1. The average Bonchev–Trinajstić information content (AvgIpc) is 3.08. The van der Waals surface area contributed by atoms with Gasteiger partial charge in [0.05, 0.1) is 17.4 Å². The number of fused-ring (bicyclic) bond motifs is 2. The molecule has 0 radical (unpaired) electrons. The number of likely N-dealkylation sites (tertiary alicyclic amines) is 1. The van der Waals surface area contributed by atoms with Gasteiger partial charge < -0.3 is 4.90 Å². The summed E-state index contributed by atoms with van der Waals surface area (Å²) >= 11 is 0. The third-order valence-electron chi connectivity index (χ3n) is 7.47. The second-order valence-corrected chi connectivity index (χ2v) is 9.19. The summed E-state index contributed by atoms with van der Waals surface area (Å²) in [5.74, 6) is 0.733. The van der Waals surface area contributed by atoms with Crippen molar-refractivity contribution in [1.29, 1.82) is 0 Å². The largest absolute Gasteiger partial charge is 0.342 e. The number of carbonyl (C=O) groups excluding carboxylic acids is 1. The van der Waals surface area contributed by atoms with Crippen molar-refractivity contribution >= 4 is 16.8 Å². The monoisotopic (exact) mass is 425 g/mol. The van der Waals surface area contributed by atoms with E-state index in [1.807, 2.05) is 15.8 Å². The minimum atomic E-state index is -0.259. The van der Waals surface area contributed by atoms with Crippen LogP contribution in [0.3, 0.4) is 0 Å². The van der Waals surface area contributed by atoms with Gasteiger partial charge in [-0.1, -0.05) is 30.3 Å². The molecule has 1 aliphatic heterocycles. The average molecular weight is 426 g/mol. The van der Waals surface area contributed by atoms with Crippen LogP contribution in [0.5, 0.6) is 0 Å². The van der Waals surface area contributed by atoms with Crippen LogP contribution in [0.1, 0.15) is 29.5 Å². The fourth-order valence-corrected chi connectivity index (χ4v) is 5.97. The predicted octanol–water partition coefficient (Wildman–Crippen LogP) is 4.99. The Balaban J connectivity index is 1.47. The number of nitrogens with zero attached hydrogens (tertiary/aromatic N) is 3. The third-order valence-corrected chi connectivity index (χ3v) is 7.47. The number of hydrogen-bond acceptors (Lipinski definition) is 2. The molecule has 2 aliphatic rings. The number of benzene rings is 3. The lowest BCUT2D eigenvalue weighted by Gasteiger charge is -2.25. The molecule has 1 saturated heterocycles. The molecule has 4 aromatic rings. The number of rotatable bonds is 3. The van der Waals surface area contributed by atoms with Crippen LogP contribution in [0.15, 0.2) is 72.9 Å². The summed E-state index contributed by atoms with van der Waals surface area (Å²) in [4.78, 5) is 14.2. The fraction of sp³-hybridized carbons (Fsp3) is 0.259. The van der Waals surface area contributed by atoms with E-state index >= 15 is 0 Å². The summed E-state index contributed by atoms with van der Waals surface area (Å²) < 4.78 is 15.2. The molecule has 4 nitrogen and oxygen atoms in total. The molecule has 0 bridgehead atoms. The number of hydrogen-bond donors (Lipinski definition) is 0. The molecule has 6 rings (SSSR count). The van der Waals surface area contributed by atoms with Gasteiger partial charge in [-0.15, -0.1) is 0 Å². The van der Waals surface area contributed by atoms with Crippen LogP contribution in [0.25, 0.3) is 16.6 Å². The maximum Gasteiger partial charge on any atom is 0.219 e. The summed E-state index contributed by atoms with van der Waals surface area (Å²) in [6.45, 7) is 5.38. The van der Waals surface area contributed by atoms with Crippen molar-refractivity contribution in [2.24, 2.45) is 5.92 Å². The van der Waals surface area contributed by atoms with Crippen molar-refractivity contribution < 1.29 is 9.18 Å². The molecule has 160 valence electrons. The quantitative estimate of drug-likeness (QED) is 0.464. The van der Waals surface area contributed by atoms with E-state index < -0.39 is 0 Å². The van der Waals surface area contributed by atoms with Crippen LogP contribution in [-0.2, 0) is 10.2 Å². The summed E-state index contributed by atoms with van der Waals surface area (Å²) in [5.41, 5.74) is 5.65. The summed E-state index contributed by atoms with van der Waals surface area (Å²) in [5, 5.41) is 5.65. The van der Waals surface area contributed by atoms with Crippen LogP contribution in [0.2, 0.25) is 0 Å². The summed E-state index contributed by atoms with van der Waals surface area (Å²) in [6, 6.07) is 21.5. The molecule has 2 fully saturated rings. The van der Waals surface area contributed by atoms with Gasteiger partial charge in [-0.3, -0.25) is 4.79 Å². The first-order valence-corrected chi connectivity index (χ1v) is 11.0. The number of aryl methyl sites for hydroxylation is 1. The predicted molar refractivity (Wildman–Crippen MR) is 122 cm³/mol. The Morgan fingerprint density at radius 3 is 2.56 bits per heavy atom. The molecular formula is C27H24FN3O. The van der Waals surface area contributed by atoms with E-state index in [-0.39, 0.29) is 17.1 Å². The van der Waals surface area contributed by atoms with Gasteiger partial charge in [0.25, 0.3) is 0 Å². The molecule has 0 N–H and O–H groups in total. The van der Waals surface area contributed by atoms with Gasteiger partial charge in [-0.05, 0) is 65.9 Å². The summed E-state index contributed by atoms with van der Waals surface area (Å²) in [6.07, 6.45) is 1.88. The molecule has 5 heteroatoms. The number of amides is 1. The molecule has 2 heterocycles. The molecule has 3 unspecified atom stereocenters. The maximum absolute atomic E-state index is 13.4. The van der Waals surface area contributed by atoms with Gasteiger partial charge >= 0.3 is 0 Å². The van der Waals surface area contributed by atoms with Crippen molar-refractivity contribution in [3.05, 3.63) is 95.4 Å². The Morgan fingerprint density at radius 2 is 1.84 bits per heavy atom. The van der Waals surface area contributed by atoms with Gasteiger partial charge in [-0.2, -0.15) is 5.10 Å². The lowest BCUT2D eigenvalue weighted by molar-refractivity contribution is -0.128. The van der Waals surface area contributed by atoms with E-state index in [4.69, 9.17) is 0 Å². The first kappa shape index (κ1) is 19.2. The summed E-state index contributed by atoms with van der Waals surface area (Å²) in [7, 11) is 0. The van der Waals surface area contributed by atoms with E-state index in [0.717, 1.165) is 29.7 Å². The van der Waals surface area contributed by atoms with Crippen molar-refractivity contribution in [2.75, 3.05) is 13.1 Å². The smallest absolute Gasteiger partial charge is 0.219 e. The van der Waals surface area contributed by atoms with Gasteiger partial charge in [0.2, 0.25) is 5.91 Å². The highest BCUT2D eigenvalue weighted by atomic mass is 19.1. The van der Waals surface area contributed by atoms with Crippen LogP contribution < -0.4 is 0 Å². The minimum absolute atomic E-state index is 0.0523. The van der Waals surface area contributed by atoms with Crippen molar-refractivity contribution in [2.45, 2.75) is 25.2 Å². The molecule has 3 aromatic carbocycles. The number of piperidine rings is 1. The van der Waals surface area contributed by atoms with E-state index in [2.05, 4.69) is 54.5 Å². The zero-order chi connectivity index (χ0) is 22.0. The SMILES string of the molecule is CC(=O)N1CC2C(c3ccccc3)C2(c2cc3cnn(-c4ccc(F)cc4)c3cc2C)C1. The minimum Gasteiger partial charge on any atom is -0.342 e. The molecule has 1 aromatic heterocycles. The second-order valence-electron chi connectivity index (χ2n) is 9.19. The lowest BCUT2D eigenvalue weighted by atomic mass is 9.86. The van der Waals surface area contributed by atoms with Crippen molar-refractivity contribution in [3.63, 3.8) is 0 Å². The first-order valence-electron chi connectivity index (χ1n) is 11.0. The highest BCUT2D eigenvalue weighted by Gasteiger charge is 2.70. The third kappa shape index (κ3) is 2.67. The van der Waals surface area contributed by atoms with Gasteiger partial charge in [0.1, 0.15) is 5.82 Å². The van der Waals surface area contributed by atoms with E-state index in [0.29, 0.717) is 11.8 Å². The number of carbonyl (C=O) groups is 1. The highest BCUT2D eigenvalue weighted by Crippen LogP contribution is 2.69. The van der Waals surface area contributed by atoms with Crippen LogP contribution in [0, 0.1) is 18.7 Å². The molecule has 32 heavy (non-hydrogen) atoms. The van der Waals surface area contributed by atoms with E-state index in [9.17, 15) is 9.18 Å². The maximum atomic E-state index is 13.4. The van der Waals surface area contributed by atoms with Crippen LogP contribution in [-0.4, -0.2) is 33.7 Å². The fourth-order valence-electron chi connectivity index (χ4n) is 5.97. The Morgan fingerprint density at radius 1 is 1.09 bits per heavy atom. The van der Waals surface area contributed by atoms with Gasteiger partial charge in [-0.25, -0.2) is 9.07 Å². The first-order chi connectivity index (χ1) is 15.5. The molecule has 3 atom stereocenters. The van der Waals surface area contributed by atoms with Crippen LogP contribution >= 0.6 is 0 Å². The van der Waals surface area contributed by atoms with Crippen LogP contribution in [0.4, 0.5) is 4.39 Å². The highest BCUT2D eigenvalue weighted by molar-refractivity contribution is 5.83. The Labute approximate surface area is 186 Å².